The predicted octanol–water partition coefficient (Wildman–Crippen LogP) is 2.86. The second-order valence-electron chi connectivity index (χ2n) is 5.05. The van der Waals surface area contributed by atoms with Crippen LogP contribution in [0.1, 0.15) is 12.1 Å². The molecule has 1 heterocycles. The zero-order valence-corrected chi connectivity index (χ0v) is 14.4. The third kappa shape index (κ3) is 4.86. The summed E-state index contributed by atoms with van der Waals surface area (Å²) in [5.41, 5.74) is 1.88. The number of nitrogens with zero attached hydrogens (tertiary/aromatic N) is 2. The van der Waals surface area contributed by atoms with Crippen LogP contribution in [0.2, 0.25) is 0 Å². The summed E-state index contributed by atoms with van der Waals surface area (Å²) >= 11 is 1.66. The fourth-order valence-corrected chi connectivity index (χ4v) is 3.72. The first-order valence-corrected chi connectivity index (χ1v) is 9.74. The van der Waals surface area contributed by atoms with Crippen LogP contribution in [-0.4, -0.2) is 43.5 Å². The van der Waals surface area contributed by atoms with E-state index >= 15 is 0 Å². The second-order valence-corrected chi connectivity index (χ2v) is 8.46. The smallest absolute Gasteiger partial charge is 0.213 e. The second kappa shape index (κ2) is 7.80. The number of hydrogen-bond donors (Lipinski definition) is 0. The molecule has 0 aliphatic heterocycles. The molecular weight excluding hydrogens is 320 g/mol. The van der Waals surface area contributed by atoms with Crippen molar-refractivity contribution in [1.29, 1.82) is 0 Å². The Kier molecular flexibility index (Phi) is 6.05. The van der Waals surface area contributed by atoms with Crippen LogP contribution in [0.4, 0.5) is 0 Å². The number of sulfonamides is 1. The van der Waals surface area contributed by atoms with Gasteiger partial charge in [-0.2, -0.15) is 11.8 Å². The van der Waals surface area contributed by atoms with E-state index in [9.17, 15) is 8.42 Å². The largest absolute Gasteiger partial charge is 0.356 e. The van der Waals surface area contributed by atoms with Gasteiger partial charge in [0.2, 0.25) is 10.0 Å². The molecule has 0 radical (unpaired) electrons. The lowest BCUT2D eigenvalue weighted by Gasteiger charge is -2.10. The third-order valence-electron chi connectivity index (χ3n) is 3.11. The summed E-state index contributed by atoms with van der Waals surface area (Å²) in [6, 6.07) is 11.7. The van der Waals surface area contributed by atoms with E-state index in [1.165, 1.54) is 4.31 Å². The van der Waals surface area contributed by atoms with Gasteiger partial charge >= 0.3 is 0 Å². The summed E-state index contributed by atoms with van der Waals surface area (Å²) in [6.07, 6.45) is 0.634. The number of aromatic nitrogens is 1. The van der Waals surface area contributed by atoms with Crippen molar-refractivity contribution in [2.45, 2.75) is 12.2 Å². The summed E-state index contributed by atoms with van der Waals surface area (Å²) in [6.45, 7) is 0. The van der Waals surface area contributed by atoms with Crippen LogP contribution in [0.3, 0.4) is 0 Å². The Balaban J connectivity index is 1.76. The average Bonchev–Trinajstić information content (AvgIpc) is 2.96. The summed E-state index contributed by atoms with van der Waals surface area (Å²) in [5.74, 6) is 2.44. The molecule has 0 atom stereocenters. The molecule has 0 unspecified atom stereocenters. The Bertz CT molecular complexity index is 682. The van der Waals surface area contributed by atoms with Crippen molar-refractivity contribution in [3.63, 3.8) is 0 Å². The first-order valence-electron chi connectivity index (χ1n) is 6.98. The van der Waals surface area contributed by atoms with Crippen LogP contribution in [-0.2, 0) is 15.8 Å². The topological polar surface area (TPSA) is 63.4 Å². The van der Waals surface area contributed by atoms with Crippen LogP contribution >= 0.6 is 11.8 Å². The lowest BCUT2D eigenvalue weighted by atomic mass is 10.2. The highest BCUT2D eigenvalue weighted by molar-refractivity contribution is 7.98. The molecule has 1 aromatic carbocycles. The monoisotopic (exact) mass is 340 g/mol. The van der Waals surface area contributed by atoms with E-state index in [1.807, 2.05) is 36.4 Å². The molecule has 0 saturated carbocycles. The molecule has 22 heavy (non-hydrogen) atoms. The van der Waals surface area contributed by atoms with E-state index < -0.39 is 10.0 Å². The lowest BCUT2D eigenvalue weighted by Crippen LogP contribution is -2.25. The maximum Gasteiger partial charge on any atom is 0.213 e. The van der Waals surface area contributed by atoms with Crippen molar-refractivity contribution in [1.82, 2.24) is 9.46 Å². The Morgan fingerprint density at radius 1 is 1.23 bits per heavy atom. The minimum Gasteiger partial charge on any atom is -0.356 e. The molecule has 0 amide bonds. The fraction of sp³-hybridized carbons (Fsp3) is 0.400. The molecule has 0 spiro atoms. The van der Waals surface area contributed by atoms with Gasteiger partial charge in [0.05, 0.1) is 11.4 Å². The van der Waals surface area contributed by atoms with Crippen molar-refractivity contribution in [3.8, 4) is 11.3 Å². The summed E-state index contributed by atoms with van der Waals surface area (Å²) < 4.78 is 29.8. The molecule has 0 N–H and O–H groups in total. The first kappa shape index (κ1) is 17.1. The SMILES string of the molecule is CN(C)S(=O)(=O)CCCSCc1cc(-c2ccccc2)on1. The van der Waals surface area contributed by atoms with Crippen LogP contribution in [0, 0.1) is 0 Å². The molecular formula is C15H20N2O3S2. The van der Waals surface area contributed by atoms with Gasteiger partial charge in [-0.3, -0.25) is 0 Å². The molecule has 7 heteroatoms. The summed E-state index contributed by atoms with van der Waals surface area (Å²) in [4.78, 5) is 0. The van der Waals surface area contributed by atoms with E-state index in [2.05, 4.69) is 5.16 Å². The minimum atomic E-state index is -3.09. The standard InChI is InChI=1S/C15H20N2O3S2/c1-17(2)22(18,19)10-6-9-21-12-14-11-15(20-16-14)13-7-4-3-5-8-13/h3-5,7-8,11H,6,9-10,12H2,1-2H3. The number of hydrogen-bond acceptors (Lipinski definition) is 5. The quantitative estimate of drug-likeness (QED) is 0.692. The van der Waals surface area contributed by atoms with Crippen molar-refractivity contribution in [2.75, 3.05) is 25.6 Å². The van der Waals surface area contributed by atoms with Crippen molar-refractivity contribution >= 4 is 21.8 Å². The van der Waals surface area contributed by atoms with E-state index in [4.69, 9.17) is 4.52 Å². The highest BCUT2D eigenvalue weighted by Gasteiger charge is 2.12. The normalized spacial score (nSPS) is 12.0. The van der Waals surface area contributed by atoms with Gasteiger partial charge in [-0.25, -0.2) is 12.7 Å². The molecule has 2 rings (SSSR count). The summed E-state index contributed by atoms with van der Waals surface area (Å²) in [7, 11) is 0.0277. The Labute approximate surface area is 135 Å². The van der Waals surface area contributed by atoms with Gasteiger partial charge in [-0.05, 0) is 12.2 Å². The molecule has 120 valence electrons. The zero-order chi connectivity index (χ0) is 16.0. The predicted molar refractivity (Wildman–Crippen MR) is 90.2 cm³/mol. The van der Waals surface area contributed by atoms with E-state index in [0.717, 1.165) is 28.5 Å². The lowest BCUT2D eigenvalue weighted by molar-refractivity contribution is 0.426. The van der Waals surface area contributed by atoms with E-state index in [-0.39, 0.29) is 5.75 Å². The fourth-order valence-electron chi connectivity index (χ4n) is 1.82. The molecule has 2 aromatic rings. The molecule has 0 saturated heterocycles. The molecule has 0 aliphatic carbocycles. The molecule has 0 fully saturated rings. The molecule has 0 aliphatic rings. The first-order chi connectivity index (χ1) is 10.5. The van der Waals surface area contributed by atoms with Crippen molar-refractivity contribution in [3.05, 3.63) is 42.1 Å². The highest BCUT2D eigenvalue weighted by atomic mass is 32.2. The molecule has 1 aromatic heterocycles. The number of rotatable bonds is 8. The van der Waals surface area contributed by atoms with E-state index in [0.29, 0.717) is 6.42 Å². The van der Waals surface area contributed by atoms with Crippen molar-refractivity contribution < 1.29 is 12.9 Å². The minimum absolute atomic E-state index is 0.182. The van der Waals surface area contributed by atoms with Gasteiger partial charge in [0.15, 0.2) is 5.76 Å². The Morgan fingerprint density at radius 3 is 2.64 bits per heavy atom. The molecule has 0 bridgehead atoms. The highest BCUT2D eigenvalue weighted by Crippen LogP contribution is 2.22. The van der Waals surface area contributed by atoms with Gasteiger partial charge in [-0.15, -0.1) is 0 Å². The maximum atomic E-state index is 11.6. The van der Waals surface area contributed by atoms with Crippen LogP contribution in [0.15, 0.2) is 40.9 Å². The average molecular weight is 340 g/mol. The van der Waals surface area contributed by atoms with Gasteiger partial charge in [0.25, 0.3) is 0 Å². The van der Waals surface area contributed by atoms with E-state index in [1.54, 1.807) is 25.9 Å². The maximum absolute atomic E-state index is 11.6. The number of thioether (sulfide) groups is 1. The van der Waals surface area contributed by atoms with Crippen LogP contribution < -0.4 is 0 Å². The molecule has 5 nitrogen and oxygen atoms in total. The van der Waals surface area contributed by atoms with Crippen molar-refractivity contribution in [2.24, 2.45) is 0 Å². The van der Waals surface area contributed by atoms with Crippen LogP contribution in [0.5, 0.6) is 0 Å². The van der Waals surface area contributed by atoms with Gasteiger partial charge < -0.3 is 4.52 Å². The Morgan fingerprint density at radius 2 is 1.95 bits per heavy atom. The zero-order valence-electron chi connectivity index (χ0n) is 12.7. The number of benzene rings is 1. The summed E-state index contributed by atoms with van der Waals surface area (Å²) in [5, 5.41) is 4.04. The van der Waals surface area contributed by atoms with Gasteiger partial charge in [-0.1, -0.05) is 35.5 Å². The van der Waals surface area contributed by atoms with Crippen LogP contribution in [0.25, 0.3) is 11.3 Å². The Hall–Kier alpha value is -1.31. The van der Waals surface area contributed by atoms with Gasteiger partial charge in [0.1, 0.15) is 0 Å². The third-order valence-corrected chi connectivity index (χ3v) is 6.11. The van der Waals surface area contributed by atoms with Gasteiger partial charge in [0, 0.05) is 31.5 Å².